The number of halogens is 4. The van der Waals surface area contributed by atoms with Gasteiger partial charge in [0.15, 0.2) is 8.83 Å². The second-order valence-electron chi connectivity index (χ2n) is 1.60. The van der Waals surface area contributed by atoms with Crippen LogP contribution in [-0.4, -0.2) is 14.8 Å². The van der Waals surface area contributed by atoms with E-state index >= 15 is 0 Å². The SMILES string of the molecule is Cl[Si]CCC[Si](Cl)(Cl)Cl. The average molecular weight is 240 g/mol. The fourth-order valence-electron chi connectivity index (χ4n) is 0.356. The summed E-state index contributed by atoms with van der Waals surface area (Å²) in [4.78, 5) is 0. The largest absolute Gasteiger partial charge is 0.341 e. The monoisotopic (exact) mass is 238 g/mol. The Kier molecular flexibility index (Phi) is 6.20. The molecule has 0 aromatic rings. The summed E-state index contributed by atoms with van der Waals surface area (Å²) < 4.78 is 0. The van der Waals surface area contributed by atoms with Crippen molar-refractivity contribution >= 4 is 59.1 Å². The molecule has 0 aliphatic rings. The van der Waals surface area contributed by atoms with Crippen LogP contribution < -0.4 is 0 Å². The van der Waals surface area contributed by atoms with Crippen molar-refractivity contribution < 1.29 is 0 Å². The molecule has 0 saturated heterocycles. The van der Waals surface area contributed by atoms with Gasteiger partial charge in [0.2, 0.25) is 0 Å². The summed E-state index contributed by atoms with van der Waals surface area (Å²) in [5.74, 6) is 0. The van der Waals surface area contributed by atoms with Crippen molar-refractivity contribution in [3.8, 4) is 0 Å². The summed E-state index contributed by atoms with van der Waals surface area (Å²) in [6, 6.07) is -0.624. The van der Waals surface area contributed by atoms with Crippen LogP contribution in [0.1, 0.15) is 6.42 Å². The molecule has 0 unspecified atom stereocenters. The van der Waals surface area contributed by atoms with E-state index < -0.39 is 6.00 Å². The Labute approximate surface area is 77.5 Å². The fraction of sp³-hybridized carbons (Fsp3) is 1.00. The molecule has 2 radical (unpaired) electrons. The van der Waals surface area contributed by atoms with E-state index in [0.717, 1.165) is 18.5 Å². The highest BCUT2D eigenvalue weighted by Crippen LogP contribution is 2.26. The predicted octanol–water partition coefficient (Wildman–Crippen LogP) is 3.31. The third kappa shape index (κ3) is 9.59. The van der Waals surface area contributed by atoms with E-state index in [1.54, 1.807) is 0 Å². The summed E-state index contributed by atoms with van der Waals surface area (Å²) >= 11 is 22.2. The summed E-state index contributed by atoms with van der Waals surface area (Å²) in [5, 5.41) is 0. The molecule has 0 fully saturated rings. The average Bonchev–Trinajstić information content (AvgIpc) is 1.63. The van der Waals surface area contributed by atoms with Crippen LogP contribution in [0, 0.1) is 0 Å². The van der Waals surface area contributed by atoms with E-state index in [2.05, 4.69) is 0 Å². The van der Waals surface area contributed by atoms with Crippen molar-refractivity contribution in [2.45, 2.75) is 18.5 Å². The van der Waals surface area contributed by atoms with Gasteiger partial charge < -0.3 is 0 Å². The topological polar surface area (TPSA) is 0 Å². The maximum Gasteiger partial charge on any atom is 0.341 e. The van der Waals surface area contributed by atoms with E-state index in [4.69, 9.17) is 44.3 Å². The van der Waals surface area contributed by atoms with Crippen molar-refractivity contribution in [2.24, 2.45) is 0 Å². The number of hydrogen-bond donors (Lipinski definition) is 0. The molecule has 0 saturated carbocycles. The Morgan fingerprint density at radius 2 is 1.78 bits per heavy atom. The van der Waals surface area contributed by atoms with Gasteiger partial charge in [0, 0.05) is 0 Å². The zero-order chi connectivity index (χ0) is 7.33. The first kappa shape index (κ1) is 10.6. The van der Waals surface area contributed by atoms with E-state index in [1.165, 1.54) is 0 Å². The predicted molar refractivity (Wildman–Crippen MR) is 49.2 cm³/mol. The normalized spacial score (nSPS) is 12.0. The van der Waals surface area contributed by atoms with Gasteiger partial charge in [-0.3, -0.25) is 0 Å². The molecule has 0 N–H and O–H groups in total. The Morgan fingerprint density at radius 3 is 2.11 bits per heavy atom. The first-order valence-corrected chi connectivity index (χ1v) is 9.92. The lowest BCUT2D eigenvalue weighted by atomic mass is 10.6. The lowest BCUT2D eigenvalue weighted by Gasteiger charge is -2.04. The number of rotatable bonds is 4. The number of hydrogen-bond acceptors (Lipinski definition) is 0. The lowest BCUT2D eigenvalue weighted by molar-refractivity contribution is 1.07. The zero-order valence-corrected chi connectivity index (χ0v) is 9.66. The fourth-order valence-corrected chi connectivity index (χ4v) is 3.20. The summed E-state index contributed by atoms with van der Waals surface area (Å²) in [5.41, 5.74) is 0. The Morgan fingerprint density at radius 1 is 1.22 bits per heavy atom. The van der Waals surface area contributed by atoms with Crippen LogP contribution in [0.4, 0.5) is 0 Å². The molecule has 0 aromatic carbocycles. The van der Waals surface area contributed by atoms with Crippen LogP contribution >= 0.6 is 44.3 Å². The third-order valence-electron chi connectivity index (χ3n) is 0.732. The van der Waals surface area contributed by atoms with Crippen LogP contribution in [0.5, 0.6) is 0 Å². The first-order valence-electron chi connectivity index (χ1n) is 2.46. The molecule has 0 aliphatic heterocycles. The standard InChI is InChI=1S/C3H6Cl4Si2/c4-8-2-1-3-9(5,6)7/h1-3H2. The van der Waals surface area contributed by atoms with E-state index in [9.17, 15) is 0 Å². The zero-order valence-electron chi connectivity index (χ0n) is 4.63. The van der Waals surface area contributed by atoms with Crippen molar-refractivity contribution in [1.82, 2.24) is 0 Å². The molecule has 0 rings (SSSR count). The third-order valence-corrected chi connectivity index (χ3v) is 4.46. The molecule has 0 spiro atoms. The van der Waals surface area contributed by atoms with Crippen LogP contribution in [-0.2, 0) is 0 Å². The summed E-state index contributed by atoms with van der Waals surface area (Å²) in [7, 11) is 0.462. The molecule has 0 bridgehead atoms. The van der Waals surface area contributed by atoms with Crippen LogP contribution in [0.25, 0.3) is 0 Å². The van der Waals surface area contributed by atoms with E-state index in [0.29, 0.717) is 8.83 Å². The van der Waals surface area contributed by atoms with Gasteiger partial charge in [-0.2, -0.15) is 11.1 Å². The molecule has 0 heterocycles. The molecular formula is C3H6Cl4Si2. The van der Waals surface area contributed by atoms with Crippen LogP contribution in [0.15, 0.2) is 0 Å². The highest BCUT2D eigenvalue weighted by atomic mass is 35.8. The Hall–Kier alpha value is 1.59. The minimum atomic E-state index is -2.33. The maximum absolute atomic E-state index is 5.60. The van der Waals surface area contributed by atoms with Gasteiger partial charge in [0.05, 0.1) is 0 Å². The van der Waals surface area contributed by atoms with Crippen molar-refractivity contribution in [3.63, 3.8) is 0 Å². The van der Waals surface area contributed by atoms with Crippen molar-refractivity contribution in [2.75, 3.05) is 0 Å². The first-order chi connectivity index (χ1) is 4.06. The minimum Gasteiger partial charge on any atom is -0.171 e. The molecule has 0 aliphatic carbocycles. The lowest BCUT2D eigenvalue weighted by Crippen LogP contribution is -2.07. The smallest absolute Gasteiger partial charge is 0.171 e. The van der Waals surface area contributed by atoms with Gasteiger partial charge in [-0.15, -0.1) is 33.2 Å². The Bertz CT molecular complexity index is 70.7. The molecule has 6 heteroatoms. The van der Waals surface area contributed by atoms with Gasteiger partial charge in [-0.1, -0.05) is 6.42 Å². The molecular weight excluding hydrogens is 234 g/mol. The highest BCUT2D eigenvalue weighted by Gasteiger charge is 2.23. The van der Waals surface area contributed by atoms with Crippen LogP contribution in [0.2, 0.25) is 12.1 Å². The van der Waals surface area contributed by atoms with E-state index in [-0.39, 0.29) is 0 Å². The van der Waals surface area contributed by atoms with Gasteiger partial charge in [-0.25, -0.2) is 0 Å². The summed E-state index contributed by atoms with van der Waals surface area (Å²) in [6.07, 6.45) is 0.949. The van der Waals surface area contributed by atoms with Gasteiger partial charge in [0.25, 0.3) is 0 Å². The maximum atomic E-state index is 5.60. The van der Waals surface area contributed by atoms with Crippen molar-refractivity contribution in [3.05, 3.63) is 0 Å². The molecule has 54 valence electrons. The highest BCUT2D eigenvalue weighted by molar-refractivity contribution is 7.64. The van der Waals surface area contributed by atoms with Crippen LogP contribution in [0.3, 0.4) is 0 Å². The van der Waals surface area contributed by atoms with Gasteiger partial charge >= 0.3 is 6.00 Å². The van der Waals surface area contributed by atoms with E-state index in [1.807, 2.05) is 0 Å². The molecule has 0 atom stereocenters. The molecule has 0 aromatic heterocycles. The molecule has 0 amide bonds. The minimum absolute atomic E-state index is 0.462. The summed E-state index contributed by atoms with van der Waals surface area (Å²) in [6.45, 7) is 0. The van der Waals surface area contributed by atoms with Gasteiger partial charge in [-0.05, 0) is 12.1 Å². The quantitative estimate of drug-likeness (QED) is 0.401. The molecule has 9 heavy (non-hydrogen) atoms. The molecule has 0 nitrogen and oxygen atoms in total. The second kappa shape index (κ2) is 5.27. The van der Waals surface area contributed by atoms with Gasteiger partial charge in [0.1, 0.15) is 0 Å². The second-order valence-corrected chi connectivity index (χ2v) is 12.4. The Balaban J connectivity index is 3.07. The van der Waals surface area contributed by atoms with Crippen molar-refractivity contribution in [1.29, 1.82) is 0 Å².